The summed E-state index contributed by atoms with van der Waals surface area (Å²) in [4.78, 5) is 99.8. The normalized spacial score (nSPS) is 16.9. The highest BCUT2D eigenvalue weighted by Crippen LogP contribution is 2.45. The van der Waals surface area contributed by atoms with Crippen LogP contribution in [0.15, 0.2) is 268 Å². The Kier molecular flexibility index (Phi) is 44.8. The maximum atomic E-state index is 13.5. The lowest BCUT2D eigenvalue weighted by Crippen LogP contribution is -2.38. The van der Waals surface area contributed by atoms with Gasteiger partial charge in [-0.15, -0.1) is 0 Å². The number of carbonyl (C=O) groups excluding carboxylic acids is 6. The number of pyridine rings is 6. The molecule has 2 bridgehead atoms. The number of ether oxygens (including phenoxy) is 6. The molecule has 6 fully saturated rings. The van der Waals surface area contributed by atoms with Crippen LogP contribution in [-0.4, -0.2) is 102 Å². The molecule has 0 radical (unpaired) electrons. The van der Waals surface area contributed by atoms with E-state index in [9.17, 15) is 46.3 Å². The molecule has 6 saturated carbocycles. The van der Waals surface area contributed by atoms with Crippen molar-refractivity contribution in [3.63, 3.8) is 0 Å². The molecule has 0 spiro atoms. The molecule has 6 aromatic heterocycles. The molecule has 0 saturated heterocycles. The fourth-order valence-electron chi connectivity index (χ4n) is 19.4. The number of fused-ring (bicyclic) bond motifs is 2. The van der Waals surface area contributed by atoms with Gasteiger partial charge in [-0.1, -0.05) is 164 Å². The van der Waals surface area contributed by atoms with Gasteiger partial charge in [0.2, 0.25) is 0 Å². The van der Waals surface area contributed by atoms with E-state index in [1.807, 2.05) is 91.9 Å². The monoisotopic (exact) mass is 2050 g/mol. The molecule has 6 heterocycles. The number of nitrogens with zero attached hydrogens (tertiary/aromatic N) is 6. The van der Waals surface area contributed by atoms with Crippen LogP contribution in [0, 0.1) is 64.7 Å². The Morgan fingerprint density at radius 2 is 0.553 bits per heavy atom. The first-order valence-corrected chi connectivity index (χ1v) is 53.2. The smallest absolute Gasteiger partial charge is 0.253 e. The predicted molar refractivity (Wildman–Crippen MR) is 572 cm³/mol. The van der Waals surface area contributed by atoms with E-state index >= 15 is 0 Å². The highest BCUT2D eigenvalue weighted by atomic mass is 19.1. The Balaban J connectivity index is 0.000000150. The summed E-state index contributed by atoms with van der Waals surface area (Å²) >= 11 is 0. The summed E-state index contributed by atoms with van der Waals surface area (Å²) in [5.74, 6) is 5.47. The highest BCUT2D eigenvalue weighted by Gasteiger charge is 2.40. The first-order valence-electron chi connectivity index (χ1n) is 53.2. The van der Waals surface area contributed by atoms with Crippen LogP contribution in [-0.2, 0) is 39.6 Å². The summed E-state index contributed by atoms with van der Waals surface area (Å²) in [7, 11) is 0. The molecular formula is C122H144F4N12O12. The lowest BCUT2D eigenvalue weighted by molar-refractivity contribution is 0.0910. The highest BCUT2D eigenvalue weighted by molar-refractivity contribution is 5.97. The van der Waals surface area contributed by atoms with Crippen molar-refractivity contribution in [2.45, 2.75) is 278 Å². The molecule has 0 aliphatic heterocycles. The zero-order valence-electron chi connectivity index (χ0n) is 87.2. The van der Waals surface area contributed by atoms with Gasteiger partial charge in [-0.05, 0) is 292 Å². The molecule has 28 heteroatoms. The Labute approximate surface area is 879 Å². The van der Waals surface area contributed by atoms with E-state index in [0.29, 0.717) is 128 Å². The van der Waals surface area contributed by atoms with Crippen molar-refractivity contribution in [2.75, 3.05) is 0 Å². The summed E-state index contributed by atoms with van der Waals surface area (Å²) in [6.45, 7) is 16.1. The second-order valence-electron chi connectivity index (χ2n) is 40.3. The molecule has 8 atom stereocenters. The largest absolute Gasteiger partial charge is 0.487 e. The van der Waals surface area contributed by atoms with Gasteiger partial charge in [-0.3, -0.25) is 58.7 Å². The Bertz CT molecular complexity index is 6000. The van der Waals surface area contributed by atoms with Crippen LogP contribution in [0.25, 0.3) is 0 Å². The van der Waals surface area contributed by atoms with Crippen LogP contribution < -0.4 is 60.3 Å². The van der Waals surface area contributed by atoms with Gasteiger partial charge in [0, 0.05) is 91.6 Å². The first kappa shape index (κ1) is 113. The van der Waals surface area contributed by atoms with E-state index in [0.717, 1.165) is 35.2 Å². The van der Waals surface area contributed by atoms with Crippen LogP contribution in [0.4, 0.5) is 17.6 Å². The van der Waals surface area contributed by atoms with E-state index in [2.05, 4.69) is 103 Å². The maximum Gasteiger partial charge on any atom is 0.253 e. The summed E-state index contributed by atoms with van der Waals surface area (Å²) < 4.78 is 86.1. The summed E-state index contributed by atoms with van der Waals surface area (Å²) in [6.07, 6.45) is 39.4. The van der Waals surface area contributed by atoms with Crippen molar-refractivity contribution in [3.8, 4) is 34.5 Å². The third-order valence-corrected chi connectivity index (χ3v) is 28.8. The number of amides is 6. The molecule has 6 N–H and O–H groups in total. The number of nitrogens with one attached hydrogen (secondary N) is 6. The summed E-state index contributed by atoms with van der Waals surface area (Å²) in [5, 5.41) is 18.5. The van der Waals surface area contributed by atoms with Crippen molar-refractivity contribution >= 4 is 35.4 Å². The Hall–Kier alpha value is -14.4. The molecule has 6 aliphatic carbocycles. The van der Waals surface area contributed by atoms with Crippen molar-refractivity contribution in [1.82, 2.24) is 61.8 Å². The summed E-state index contributed by atoms with van der Waals surface area (Å²) in [5.41, 5.74) is 7.66. The van der Waals surface area contributed by atoms with Gasteiger partial charge < -0.3 is 60.3 Å². The van der Waals surface area contributed by atoms with Gasteiger partial charge in [0.05, 0.1) is 67.5 Å². The minimum atomic E-state index is -0.403. The number of aromatic nitrogens is 6. The standard InChI is InChI=1S/3C21H25FN2O2.C21H26N2O2.C20H22N2O2.C18H21FN2O2/c1-15(16-7-3-2-4-8-16)24-21(25)17-11-12-18(23-13-17)14-26-20-10-6-5-9-19(20)22;2*1-15(16-6-3-2-4-7-16)24-21(25)17-10-11-19(23-13-17)14-26-20-9-5-8-18(22)12-20;1-16(17-8-4-2-5-9-17)23-21(24)18-12-13-19(22-14-18)15-25-20-10-6-3-7-11-20;23-20(22-19-11-14-6-7-15(19)10-14)16-8-9-17(21-12-16)13-24-18-4-2-1-3-5-18;1-12(2)13(3)21-18(22)14-7-8-16(20-10-14)11-23-17-6-4-5-15(19)9-17/h5-6,9-13,15-16H,2-4,7-8,14H2,1H3,(H,24,25);2*5,8-13,15-16H,2-4,6-7,14H2,1H3,(H,24,25);3,6-7,10-14,16-17H,2,4-5,8-9,15H2,1H3,(H,23,24);1-5,8-9,12,14-15,19H,6-7,10-11,13H2,(H,22,23);4-10,12-13H,11H2,1-3H3,(H,21,22)/t2*15-;;;;13-/m11...1/s1. The van der Waals surface area contributed by atoms with Crippen molar-refractivity contribution in [3.05, 3.63) is 359 Å². The second kappa shape index (κ2) is 59.7. The first-order chi connectivity index (χ1) is 72.8. The molecule has 150 heavy (non-hydrogen) atoms. The SMILES string of the molecule is CC(C)[C@@H](C)NC(=O)c1ccc(COc2cccc(F)c2)nc1.CC(NC(=O)c1ccc(COc2cccc(F)c2)nc1)C1CCCCC1.CC(NC(=O)c1ccc(COc2ccccc2)nc1)C1CCCCC1.C[C@@H](NC(=O)c1ccc(COc2cccc(F)c2)nc1)C1CCCCC1.C[C@@H](NC(=O)c1ccc(COc2ccccc2F)nc1)C1CCCCC1.O=C(NC1CC2CCC1C2)c1ccc(COc2ccccc2)nc1. The van der Waals surface area contributed by atoms with E-state index in [4.69, 9.17) is 28.4 Å². The van der Waals surface area contributed by atoms with E-state index < -0.39 is 5.82 Å². The van der Waals surface area contributed by atoms with Gasteiger partial charge in [0.1, 0.15) is 85.8 Å². The number of rotatable bonds is 35. The predicted octanol–water partition coefficient (Wildman–Crippen LogP) is 25.0. The van der Waals surface area contributed by atoms with E-state index in [1.54, 1.807) is 134 Å². The maximum absolute atomic E-state index is 13.5. The zero-order chi connectivity index (χ0) is 106. The molecule has 18 rings (SSSR count). The third-order valence-electron chi connectivity index (χ3n) is 28.8. The lowest BCUT2D eigenvalue weighted by atomic mass is 9.84. The molecule has 12 aromatic rings. The van der Waals surface area contributed by atoms with Gasteiger partial charge in [-0.25, -0.2) is 17.6 Å². The van der Waals surface area contributed by atoms with E-state index in [1.165, 1.54) is 196 Å². The van der Waals surface area contributed by atoms with Gasteiger partial charge in [0.25, 0.3) is 35.4 Å². The van der Waals surface area contributed by atoms with Crippen molar-refractivity contribution < 1.29 is 74.8 Å². The Morgan fingerprint density at radius 1 is 0.280 bits per heavy atom. The average Bonchev–Trinajstić information content (AvgIpc) is 1.66. The molecule has 6 aromatic carbocycles. The number of halogens is 4. The minimum absolute atomic E-state index is 0.00409. The zero-order valence-corrected chi connectivity index (χ0v) is 87.2. The number of hydrogen-bond donors (Lipinski definition) is 6. The van der Waals surface area contributed by atoms with Crippen LogP contribution in [0.1, 0.15) is 299 Å². The topological polar surface area (TPSA) is 307 Å². The molecular weight excluding hydrogens is 1900 g/mol. The van der Waals surface area contributed by atoms with Crippen LogP contribution in [0.5, 0.6) is 34.5 Å². The fourth-order valence-corrected chi connectivity index (χ4v) is 19.4. The molecule has 24 nitrogen and oxygen atoms in total. The fraction of sp³-hybridized carbons (Fsp3) is 0.410. The number of hydrogen-bond acceptors (Lipinski definition) is 18. The van der Waals surface area contributed by atoms with Crippen molar-refractivity contribution in [1.29, 1.82) is 0 Å². The van der Waals surface area contributed by atoms with Gasteiger partial charge in [0.15, 0.2) is 11.6 Å². The van der Waals surface area contributed by atoms with Gasteiger partial charge in [-0.2, -0.15) is 0 Å². The number of para-hydroxylation sites is 3. The number of benzene rings is 6. The summed E-state index contributed by atoms with van der Waals surface area (Å²) in [6, 6.07) is 66.0. The van der Waals surface area contributed by atoms with Crippen LogP contribution >= 0.6 is 0 Å². The molecule has 6 amide bonds. The van der Waals surface area contributed by atoms with Gasteiger partial charge >= 0.3 is 0 Å². The van der Waals surface area contributed by atoms with Crippen LogP contribution in [0.3, 0.4) is 0 Å². The van der Waals surface area contributed by atoms with Crippen LogP contribution in [0.2, 0.25) is 0 Å². The Morgan fingerprint density at radius 3 is 0.820 bits per heavy atom. The molecule has 6 aliphatic rings. The quantitative estimate of drug-likeness (QED) is 0.0201. The number of carbonyl (C=O) groups is 6. The van der Waals surface area contributed by atoms with Crippen molar-refractivity contribution in [2.24, 2.45) is 41.4 Å². The second-order valence-corrected chi connectivity index (χ2v) is 40.3. The lowest BCUT2D eigenvalue weighted by Gasteiger charge is -2.28. The molecule has 792 valence electrons. The molecule has 5 unspecified atom stereocenters. The third kappa shape index (κ3) is 37.7. The minimum Gasteiger partial charge on any atom is -0.487 e. The van der Waals surface area contributed by atoms with E-state index in [-0.39, 0.29) is 115 Å². The average molecular weight is 2050 g/mol.